The van der Waals surface area contributed by atoms with Crippen LogP contribution in [0.3, 0.4) is 0 Å². The van der Waals surface area contributed by atoms with E-state index in [0.717, 1.165) is 0 Å². The Morgan fingerprint density at radius 2 is 2.19 bits per heavy atom. The lowest BCUT2D eigenvalue weighted by Crippen LogP contribution is -2.28. The summed E-state index contributed by atoms with van der Waals surface area (Å²) in [7, 11) is 0. The number of carbonyl (C=O) groups excluding carboxylic acids is 1. The molecule has 4 nitrogen and oxygen atoms in total. The fourth-order valence-electron chi connectivity index (χ4n) is 1.38. The Balaban J connectivity index is 2.89. The molecule has 16 heavy (non-hydrogen) atoms. The Hall–Kier alpha value is -1.81. The van der Waals surface area contributed by atoms with E-state index in [0.29, 0.717) is 17.6 Å². The standard InChI is InChI=1S/C12H16N2O2/c1-7(6-10(13)8(2)15)9-4-3-5-11(16)12(9)14/h3-5,10,16H,1,6,13-14H2,2H3. The third kappa shape index (κ3) is 2.61. The number of ketones is 1. The van der Waals surface area contributed by atoms with Gasteiger partial charge in [-0.05, 0) is 25.0 Å². The molecule has 1 atom stereocenters. The molecule has 0 aliphatic carbocycles. The molecule has 1 rings (SSSR count). The number of carbonyl (C=O) groups is 1. The zero-order chi connectivity index (χ0) is 12.3. The zero-order valence-electron chi connectivity index (χ0n) is 9.23. The fourth-order valence-corrected chi connectivity index (χ4v) is 1.38. The fraction of sp³-hybridized carbons (Fsp3) is 0.250. The van der Waals surface area contributed by atoms with Gasteiger partial charge in [-0.3, -0.25) is 4.79 Å². The number of anilines is 1. The Bertz CT molecular complexity index is 427. The van der Waals surface area contributed by atoms with Crippen LogP contribution in [0.5, 0.6) is 5.75 Å². The maximum Gasteiger partial charge on any atom is 0.146 e. The first kappa shape index (κ1) is 12.3. The lowest BCUT2D eigenvalue weighted by Gasteiger charge is -2.13. The molecule has 0 amide bonds. The minimum absolute atomic E-state index is 0.00930. The van der Waals surface area contributed by atoms with Crippen LogP contribution in [0.15, 0.2) is 24.8 Å². The molecule has 0 spiro atoms. The molecule has 0 radical (unpaired) electrons. The average molecular weight is 220 g/mol. The van der Waals surface area contributed by atoms with Gasteiger partial charge in [0.1, 0.15) is 11.5 Å². The van der Waals surface area contributed by atoms with E-state index >= 15 is 0 Å². The number of hydrogen-bond donors (Lipinski definition) is 3. The first-order valence-electron chi connectivity index (χ1n) is 4.95. The molecule has 0 heterocycles. The van der Waals surface area contributed by atoms with E-state index < -0.39 is 6.04 Å². The van der Waals surface area contributed by atoms with Crippen LogP contribution in [0, 0.1) is 0 Å². The second-order valence-corrected chi connectivity index (χ2v) is 3.76. The maximum absolute atomic E-state index is 11.0. The second kappa shape index (κ2) is 4.81. The average Bonchev–Trinajstić information content (AvgIpc) is 2.21. The second-order valence-electron chi connectivity index (χ2n) is 3.76. The molecule has 0 saturated carbocycles. The van der Waals surface area contributed by atoms with Crippen LogP contribution < -0.4 is 11.5 Å². The predicted molar refractivity (Wildman–Crippen MR) is 64.8 cm³/mol. The van der Waals surface area contributed by atoms with Crippen molar-refractivity contribution >= 4 is 17.0 Å². The molecule has 1 unspecified atom stereocenters. The van der Waals surface area contributed by atoms with E-state index in [9.17, 15) is 9.90 Å². The predicted octanol–water partition coefficient (Wildman–Crippen LogP) is 1.29. The van der Waals surface area contributed by atoms with E-state index in [2.05, 4.69) is 6.58 Å². The van der Waals surface area contributed by atoms with E-state index in [1.165, 1.54) is 13.0 Å². The SMILES string of the molecule is C=C(CC(N)C(C)=O)c1cccc(O)c1N. The summed E-state index contributed by atoms with van der Waals surface area (Å²) in [5.74, 6) is -0.0880. The van der Waals surface area contributed by atoms with Crippen molar-refractivity contribution in [1.29, 1.82) is 0 Å². The van der Waals surface area contributed by atoms with Crippen LogP contribution in [-0.4, -0.2) is 16.9 Å². The zero-order valence-corrected chi connectivity index (χ0v) is 9.23. The lowest BCUT2D eigenvalue weighted by molar-refractivity contribution is -0.118. The van der Waals surface area contributed by atoms with Gasteiger partial charge in [0, 0.05) is 5.56 Å². The highest BCUT2D eigenvalue weighted by atomic mass is 16.3. The van der Waals surface area contributed by atoms with E-state index in [1.807, 2.05) is 0 Å². The van der Waals surface area contributed by atoms with Gasteiger partial charge < -0.3 is 16.6 Å². The Labute approximate surface area is 94.6 Å². The molecule has 5 N–H and O–H groups in total. The van der Waals surface area contributed by atoms with Gasteiger partial charge in [0.05, 0.1) is 11.7 Å². The highest BCUT2D eigenvalue weighted by Gasteiger charge is 2.13. The molecule has 0 aliphatic heterocycles. The van der Waals surface area contributed by atoms with Crippen LogP contribution >= 0.6 is 0 Å². The lowest BCUT2D eigenvalue weighted by atomic mass is 9.97. The summed E-state index contributed by atoms with van der Waals surface area (Å²) < 4.78 is 0. The first-order chi connectivity index (χ1) is 7.43. The normalized spacial score (nSPS) is 12.1. The van der Waals surface area contributed by atoms with Gasteiger partial charge in [-0.15, -0.1) is 0 Å². The number of para-hydroxylation sites is 1. The van der Waals surface area contributed by atoms with Gasteiger partial charge in [-0.1, -0.05) is 18.7 Å². The van der Waals surface area contributed by atoms with Gasteiger partial charge in [-0.25, -0.2) is 0 Å². The number of nitrogen functional groups attached to an aromatic ring is 1. The van der Waals surface area contributed by atoms with Gasteiger partial charge in [0.15, 0.2) is 0 Å². The number of aromatic hydroxyl groups is 1. The number of hydrogen-bond acceptors (Lipinski definition) is 4. The van der Waals surface area contributed by atoms with Crippen molar-refractivity contribution in [2.24, 2.45) is 5.73 Å². The molecule has 1 aromatic carbocycles. The molecule has 4 heteroatoms. The molecule has 0 fully saturated rings. The molecule has 0 aliphatic rings. The summed E-state index contributed by atoms with van der Waals surface area (Å²) in [5.41, 5.74) is 12.9. The quantitative estimate of drug-likeness (QED) is 0.527. The molecule has 0 aromatic heterocycles. The highest BCUT2D eigenvalue weighted by Crippen LogP contribution is 2.30. The molecule has 86 valence electrons. The van der Waals surface area contributed by atoms with Crippen molar-refractivity contribution in [2.75, 3.05) is 5.73 Å². The van der Waals surface area contributed by atoms with E-state index in [-0.39, 0.29) is 17.2 Å². The number of rotatable bonds is 4. The van der Waals surface area contributed by atoms with Crippen molar-refractivity contribution < 1.29 is 9.90 Å². The molecule has 1 aromatic rings. The molecule has 0 saturated heterocycles. The van der Waals surface area contributed by atoms with Crippen LogP contribution in [0.4, 0.5) is 5.69 Å². The van der Waals surface area contributed by atoms with E-state index in [1.54, 1.807) is 12.1 Å². The maximum atomic E-state index is 11.0. The molecular weight excluding hydrogens is 204 g/mol. The third-order valence-corrected chi connectivity index (χ3v) is 2.45. The number of phenolic OH excluding ortho intramolecular Hbond substituents is 1. The topological polar surface area (TPSA) is 89.3 Å². The van der Waals surface area contributed by atoms with Crippen molar-refractivity contribution in [3.63, 3.8) is 0 Å². The minimum atomic E-state index is -0.575. The van der Waals surface area contributed by atoms with Crippen molar-refractivity contribution in [3.8, 4) is 5.75 Å². The van der Waals surface area contributed by atoms with Gasteiger partial charge in [0.2, 0.25) is 0 Å². The summed E-state index contributed by atoms with van der Waals surface area (Å²) in [6.45, 7) is 5.26. The van der Waals surface area contributed by atoms with Crippen molar-refractivity contribution in [3.05, 3.63) is 30.3 Å². The van der Waals surface area contributed by atoms with Crippen LogP contribution in [-0.2, 0) is 4.79 Å². The number of phenols is 1. The van der Waals surface area contributed by atoms with Gasteiger partial charge in [0.25, 0.3) is 0 Å². The Kier molecular flexibility index (Phi) is 3.68. The van der Waals surface area contributed by atoms with E-state index in [4.69, 9.17) is 11.5 Å². The number of nitrogens with two attached hydrogens (primary N) is 2. The summed E-state index contributed by atoms with van der Waals surface area (Å²) in [4.78, 5) is 11.0. The first-order valence-corrected chi connectivity index (χ1v) is 4.95. The number of Topliss-reactive ketones (excluding diaryl/α,β-unsaturated/α-hetero) is 1. The number of benzene rings is 1. The van der Waals surface area contributed by atoms with Crippen molar-refractivity contribution in [2.45, 2.75) is 19.4 Å². The van der Waals surface area contributed by atoms with Crippen LogP contribution in [0.25, 0.3) is 5.57 Å². The molecule has 0 bridgehead atoms. The largest absolute Gasteiger partial charge is 0.506 e. The van der Waals surface area contributed by atoms with Crippen LogP contribution in [0.2, 0.25) is 0 Å². The third-order valence-electron chi connectivity index (χ3n) is 2.45. The van der Waals surface area contributed by atoms with Gasteiger partial charge >= 0.3 is 0 Å². The summed E-state index contributed by atoms with van der Waals surface area (Å²) in [6, 6.07) is 4.33. The smallest absolute Gasteiger partial charge is 0.146 e. The van der Waals surface area contributed by atoms with Crippen LogP contribution in [0.1, 0.15) is 18.9 Å². The van der Waals surface area contributed by atoms with Crippen molar-refractivity contribution in [1.82, 2.24) is 0 Å². The Morgan fingerprint density at radius 3 is 2.75 bits per heavy atom. The summed E-state index contributed by atoms with van der Waals surface area (Å²) in [6.07, 6.45) is 0.336. The summed E-state index contributed by atoms with van der Waals surface area (Å²) in [5, 5.41) is 9.43. The Morgan fingerprint density at radius 1 is 1.56 bits per heavy atom. The minimum Gasteiger partial charge on any atom is -0.506 e. The van der Waals surface area contributed by atoms with Gasteiger partial charge in [-0.2, -0.15) is 0 Å². The summed E-state index contributed by atoms with van der Waals surface area (Å²) >= 11 is 0. The highest BCUT2D eigenvalue weighted by molar-refractivity contribution is 5.85. The molecular formula is C12H16N2O2. The monoisotopic (exact) mass is 220 g/mol.